The van der Waals surface area contributed by atoms with Gasteiger partial charge in [0, 0.05) is 41.3 Å². The van der Waals surface area contributed by atoms with Gasteiger partial charge < -0.3 is 28.6 Å². The molecule has 2 saturated heterocycles. The molecule has 0 saturated carbocycles. The molecule has 2 fully saturated rings. The van der Waals surface area contributed by atoms with E-state index in [1.165, 1.54) is 26.2 Å². The van der Waals surface area contributed by atoms with Gasteiger partial charge >= 0.3 is 19.2 Å². The van der Waals surface area contributed by atoms with Crippen molar-refractivity contribution in [3.8, 4) is 11.5 Å². The Labute approximate surface area is 352 Å². The summed E-state index contributed by atoms with van der Waals surface area (Å²) < 4.78 is 57.7. The lowest BCUT2D eigenvalue weighted by molar-refractivity contribution is -0.0948. The number of aryl methyl sites for hydroxylation is 2. The average molecular weight is 874 g/mol. The minimum atomic E-state index is -5.04. The van der Waals surface area contributed by atoms with Crippen LogP contribution in [-0.2, 0) is 33.4 Å². The van der Waals surface area contributed by atoms with Crippen molar-refractivity contribution in [3.63, 3.8) is 0 Å². The standard InChI is InChI=1S/C41H44N7O13P/c1-24-20-47(39(51)43-37(24)49)35-18-31(45-46-42)33(59-35)23-58-62(53,54)61-32-19-36(48-21-25(2)38(50)44-40(48)52)60-34(32)22-57-41(26-8-6-5-7-9-26,27-10-14-29(55-3)15-11-27)28-12-16-30(56-4)17-13-28/h5-17,20-21,31-36H,18-19,22-23H2,1-4H3,(H,53,54)(H,43,49,51)(H,44,50,52)/t31-,32-,33+,34+,35+,36+/m0/s1. The van der Waals surface area contributed by atoms with E-state index in [9.17, 15) is 34.2 Å². The first-order chi connectivity index (χ1) is 29.7. The van der Waals surface area contributed by atoms with Crippen LogP contribution in [0.5, 0.6) is 11.5 Å². The van der Waals surface area contributed by atoms with E-state index in [0.717, 1.165) is 14.7 Å². The maximum Gasteiger partial charge on any atom is 0.472 e. The van der Waals surface area contributed by atoms with Gasteiger partial charge in [-0.05, 0) is 60.3 Å². The fourth-order valence-corrected chi connectivity index (χ4v) is 8.57. The number of azide groups is 1. The van der Waals surface area contributed by atoms with Gasteiger partial charge in [0.05, 0.1) is 39.6 Å². The zero-order valence-electron chi connectivity index (χ0n) is 34.0. The highest BCUT2D eigenvalue weighted by atomic mass is 31.2. The normalized spacial score (nSPS) is 22.1. The Morgan fingerprint density at radius 3 is 1.79 bits per heavy atom. The molecule has 2 aromatic heterocycles. The Bertz CT molecular complexity index is 2670. The van der Waals surface area contributed by atoms with Crippen molar-refractivity contribution < 1.29 is 42.2 Å². The number of phosphoric acid groups is 1. The van der Waals surface area contributed by atoms with Crippen molar-refractivity contribution >= 4 is 7.82 Å². The number of H-pyrrole nitrogens is 2. The van der Waals surface area contributed by atoms with Crippen LogP contribution in [0.15, 0.2) is 116 Å². The fraction of sp³-hybridized carbons (Fsp3) is 0.366. The number of ether oxygens (including phenoxy) is 5. The SMILES string of the molecule is COc1ccc(C(OC[C@H]2O[C@@H](n3cc(C)c(=O)[nH]c3=O)C[C@@H]2OP(=O)(O)OC[C@H]2O[C@@H](n3cc(C)c(=O)[nH]c3=O)C[C@@H]2N=[N+]=[N-])(c2ccccc2)c2ccc(OC)cc2)cc1. The Hall–Kier alpha value is -6.08. The molecular formula is C41H44N7O13P. The molecule has 326 valence electrons. The minimum Gasteiger partial charge on any atom is -0.497 e. The molecule has 3 N–H and O–H groups in total. The van der Waals surface area contributed by atoms with E-state index in [2.05, 4.69) is 20.0 Å². The summed E-state index contributed by atoms with van der Waals surface area (Å²) >= 11 is 0. The number of benzene rings is 3. The fourth-order valence-electron chi connectivity index (χ4n) is 7.61. The summed E-state index contributed by atoms with van der Waals surface area (Å²) in [4.78, 5) is 68.5. The van der Waals surface area contributed by atoms with E-state index < -0.39 is 79.3 Å². The van der Waals surface area contributed by atoms with Crippen molar-refractivity contribution in [1.82, 2.24) is 19.1 Å². The van der Waals surface area contributed by atoms with Crippen LogP contribution in [-0.4, -0.2) is 75.8 Å². The molecule has 0 radical (unpaired) electrons. The van der Waals surface area contributed by atoms with Gasteiger partial charge in [-0.25, -0.2) is 14.2 Å². The molecule has 7 atom stereocenters. The molecule has 0 aliphatic carbocycles. The molecule has 0 bridgehead atoms. The van der Waals surface area contributed by atoms with Gasteiger partial charge in [-0.3, -0.25) is 37.7 Å². The highest BCUT2D eigenvalue weighted by Crippen LogP contribution is 2.50. The number of nitrogens with zero attached hydrogens (tertiary/aromatic N) is 5. The number of methoxy groups -OCH3 is 2. The Morgan fingerprint density at radius 1 is 0.774 bits per heavy atom. The van der Waals surface area contributed by atoms with Crippen LogP contribution in [0.3, 0.4) is 0 Å². The molecular weight excluding hydrogens is 829 g/mol. The lowest BCUT2D eigenvalue weighted by atomic mass is 9.80. The smallest absolute Gasteiger partial charge is 0.472 e. The van der Waals surface area contributed by atoms with Gasteiger partial charge in [0.15, 0.2) is 0 Å². The minimum absolute atomic E-state index is 0.0173. The van der Waals surface area contributed by atoms with Crippen LogP contribution in [0.4, 0.5) is 0 Å². The summed E-state index contributed by atoms with van der Waals surface area (Å²) in [5.41, 5.74) is 7.75. The van der Waals surface area contributed by atoms with Crippen molar-refractivity contribution in [3.05, 3.63) is 171 Å². The molecule has 0 amide bonds. The maximum atomic E-state index is 13.8. The molecule has 21 heteroatoms. The van der Waals surface area contributed by atoms with Gasteiger partial charge in [-0.1, -0.05) is 59.7 Å². The highest BCUT2D eigenvalue weighted by molar-refractivity contribution is 7.47. The number of aromatic nitrogens is 4. The van der Waals surface area contributed by atoms with Crippen LogP contribution in [0.2, 0.25) is 0 Å². The van der Waals surface area contributed by atoms with Crippen LogP contribution in [0, 0.1) is 13.8 Å². The third-order valence-electron chi connectivity index (χ3n) is 10.8. The van der Waals surface area contributed by atoms with E-state index in [0.29, 0.717) is 22.6 Å². The van der Waals surface area contributed by atoms with Crippen LogP contribution >= 0.6 is 7.82 Å². The van der Waals surface area contributed by atoms with E-state index in [1.807, 2.05) is 54.6 Å². The molecule has 5 aromatic rings. The Kier molecular flexibility index (Phi) is 13.1. The van der Waals surface area contributed by atoms with E-state index >= 15 is 0 Å². The number of nitrogens with one attached hydrogen (secondary N) is 2. The third kappa shape index (κ3) is 9.23. The molecule has 1 unspecified atom stereocenters. The summed E-state index contributed by atoms with van der Waals surface area (Å²) in [7, 11) is -1.92. The lowest BCUT2D eigenvalue weighted by Gasteiger charge is -2.37. The number of phosphoric ester groups is 1. The van der Waals surface area contributed by atoms with E-state index in [4.69, 9.17) is 32.7 Å². The first-order valence-electron chi connectivity index (χ1n) is 19.4. The first-order valence-corrected chi connectivity index (χ1v) is 20.9. The second-order valence-corrected chi connectivity index (χ2v) is 16.1. The number of hydrogen-bond donors (Lipinski definition) is 3. The Morgan fingerprint density at radius 2 is 1.27 bits per heavy atom. The molecule has 2 aliphatic rings. The van der Waals surface area contributed by atoms with Crippen LogP contribution < -0.4 is 32.0 Å². The summed E-state index contributed by atoms with van der Waals surface area (Å²) in [5, 5.41) is 3.74. The predicted molar refractivity (Wildman–Crippen MR) is 221 cm³/mol. The molecule has 3 aromatic carbocycles. The molecule has 7 rings (SSSR count). The van der Waals surface area contributed by atoms with Crippen LogP contribution in [0.25, 0.3) is 10.4 Å². The molecule has 2 aliphatic heterocycles. The summed E-state index contributed by atoms with van der Waals surface area (Å²) in [6.07, 6.45) is -3.19. The maximum absolute atomic E-state index is 13.8. The summed E-state index contributed by atoms with van der Waals surface area (Å²) in [5.74, 6) is 1.21. The van der Waals surface area contributed by atoms with Crippen molar-refractivity contribution in [1.29, 1.82) is 0 Å². The van der Waals surface area contributed by atoms with Crippen LogP contribution in [0.1, 0.15) is 53.1 Å². The second-order valence-electron chi connectivity index (χ2n) is 14.7. The van der Waals surface area contributed by atoms with Gasteiger partial charge in [0.25, 0.3) is 11.1 Å². The van der Waals surface area contributed by atoms with E-state index in [-0.39, 0.29) is 30.6 Å². The van der Waals surface area contributed by atoms with Gasteiger partial charge in [0.2, 0.25) is 0 Å². The van der Waals surface area contributed by atoms with Crippen molar-refractivity contribution in [2.75, 3.05) is 27.4 Å². The third-order valence-corrected chi connectivity index (χ3v) is 11.8. The number of aromatic amines is 2. The van der Waals surface area contributed by atoms with Gasteiger partial charge in [-0.2, -0.15) is 0 Å². The predicted octanol–water partition coefficient (Wildman–Crippen LogP) is 4.49. The largest absolute Gasteiger partial charge is 0.497 e. The van der Waals surface area contributed by atoms with Crippen molar-refractivity contribution in [2.45, 2.75) is 69.1 Å². The second kappa shape index (κ2) is 18.5. The van der Waals surface area contributed by atoms with E-state index in [1.54, 1.807) is 38.5 Å². The quantitative estimate of drug-likeness (QED) is 0.0407. The molecule has 20 nitrogen and oxygen atoms in total. The molecule has 62 heavy (non-hydrogen) atoms. The Balaban J connectivity index is 1.20. The first kappa shape index (κ1) is 44.0. The zero-order valence-corrected chi connectivity index (χ0v) is 34.9. The monoisotopic (exact) mass is 873 g/mol. The molecule has 0 spiro atoms. The van der Waals surface area contributed by atoms with Gasteiger partial charge in [-0.15, -0.1) is 0 Å². The summed E-state index contributed by atoms with van der Waals surface area (Å²) in [6, 6.07) is 23.0. The summed E-state index contributed by atoms with van der Waals surface area (Å²) in [6.45, 7) is 2.11. The average Bonchev–Trinajstić information content (AvgIpc) is 3.86. The topological polar surface area (TPSA) is 260 Å². The lowest BCUT2D eigenvalue weighted by Crippen LogP contribution is -2.38. The highest BCUT2D eigenvalue weighted by Gasteiger charge is 2.46. The molecule has 4 heterocycles. The number of rotatable bonds is 16. The number of hydrogen-bond acceptors (Lipinski definition) is 13. The van der Waals surface area contributed by atoms with Gasteiger partial charge in [0.1, 0.15) is 41.8 Å². The van der Waals surface area contributed by atoms with Crippen molar-refractivity contribution in [2.24, 2.45) is 5.11 Å². The zero-order chi connectivity index (χ0) is 44.2.